The van der Waals surface area contributed by atoms with Gasteiger partial charge in [0.25, 0.3) is 0 Å². The van der Waals surface area contributed by atoms with Crippen LogP contribution in [0, 0.1) is 23.7 Å². The fraction of sp³-hybridized carbons (Fsp3) is 0.344. The number of hydroxylamine groups is 1. The van der Waals surface area contributed by atoms with Crippen molar-refractivity contribution in [2.75, 3.05) is 0 Å². The average molecular weight is 466 g/mol. The van der Waals surface area contributed by atoms with Crippen LogP contribution in [-0.2, 0) is 11.4 Å². The lowest BCUT2D eigenvalue weighted by molar-refractivity contribution is 0.0238. The Bertz CT molecular complexity index is 1180. The summed E-state index contributed by atoms with van der Waals surface area (Å²) in [6, 6.07) is 21.3. The van der Waals surface area contributed by atoms with Gasteiger partial charge < -0.3 is 0 Å². The first-order valence-corrected chi connectivity index (χ1v) is 12.8. The quantitative estimate of drug-likeness (QED) is 0.130. The maximum atomic E-state index is 12.3. The van der Waals surface area contributed by atoms with Crippen LogP contribution in [0.4, 0.5) is 0 Å². The summed E-state index contributed by atoms with van der Waals surface area (Å²) in [6.45, 7) is 2.69. The molecular formula is C32H35NO2+. The van der Waals surface area contributed by atoms with E-state index in [0.29, 0.717) is 12.1 Å². The number of carbonyl (C=O) groups excluding carboxylic acids is 1. The molecule has 3 aromatic carbocycles. The number of rotatable bonds is 12. The van der Waals surface area contributed by atoms with Crippen LogP contribution in [0.5, 0.6) is 0 Å². The molecule has 0 bridgehead atoms. The number of unbranched alkanes of at least 4 members (excludes halogenated alkanes) is 8. The van der Waals surface area contributed by atoms with Crippen LogP contribution in [0.25, 0.3) is 10.8 Å². The molecule has 0 atom stereocenters. The van der Waals surface area contributed by atoms with Crippen LogP contribution in [0.15, 0.2) is 66.7 Å². The fourth-order valence-electron chi connectivity index (χ4n) is 3.93. The second-order valence-corrected chi connectivity index (χ2v) is 8.70. The molecule has 1 radical (unpaired) electrons. The van der Waals surface area contributed by atoms with E-state index < -0.39 is 5.97 Å². The Kier molecular flexibility index (Phi) is 11.5. The normalized spacial score (nSPS) is 10.2. The molecule has 3 nitrogen and oxygen atoms in total. The van der Waals surface area contributed by atoms with E-state index in [1.807, 2.05) is 36.4 Å². The van der Waals surface area contributed by atoms with Gasteiger partial charge in [-0.05, 0) is 64.3 Å². The van der Waals surface area contributed by atoms with Gasteiger partial charge in [-0.15, -0.1) is 0 Å². The van der Waals surface area contributed by atoms with E-state index in [9.17, 15) is 4.79 Å². The summed E-state index contributed by atoms with van der Waals surface area (Å²) >= 11 is 0. The van der Waals surface area contributed by atoms with Crippen LogP contribution >= 0.6 is 0 Å². The zero-order valence-corrected chi connectivity index (χ0v) is 20.7. The molecule has 0 aromatic heterocycles. The highest BCUT2D eigenvalue weighted by molar-refractivity contribution is 5.89. The van der Waals surface area contributed by atoms with Gasteiger partial charge in [0.2, 0.25) is 0 Å². The minimum absolute atomic E-state index is 0.421. The highest BCUT2D eigenvalue weighted by atomic mass is 16.7. The lowest BCUT2D eigenvalue weighted by atomic mass is 10.1. The Hall–Kier alpha value is -3.53. The summed E-state index contributed by atoms with van der Waals surface area (Å²) < 4.78 is 0. The van der Waals surface area contributed by atoms with Gasteiger partial charge in [-0.3, -0.25) is 0 Å². The van der Waals surface area contributed by atoms with Crippen LogP contribution in [0.2, 0.25) is 0 Å². The SMILES string of the molecule is CCCCCCCCCCC#CC#Cc1ccc(C(=[O+])ONCc2cccc3ccccc23)cc1. The average Bonchev–Trinajstić information content (AvgIpc) is 2.90. The number of hydrogen-bond acceptors (Lipinski definition) is 3. The molecule has 35 heavy (non-hydrogen) atoms. The second-order valence-electron chi connectivity index (χ2n) is 8.70. The van der Waals surface area contributed by atoms with Crippen molar-refractivity contribution in [3.63, 3.8) is 0 Å². The van der Waals surface area contributed by atoms with E-state index in [1.54, 1.807) is 12.1 Å². The Morgan fingerprint density at radius 3 is 2.31 bits per heavy atom. The Morgan fingerprint density at radius 2 is 1.51 bits per heavy atom. The third-order valence-electron chi connectivity index (χ3n) is 5.94. The molecule has 0 spiro atoms. The molecular weight excluding hydrogens is 430 g/mol. The highest BCUT2D eigenvalue weighted by Gasteiger charge is 2.21. The van der Waals surface area contributed by atoms with Crippen LogP contribution in [-0.4, -0.2) is 5.97 Å². The molecule has 0 heterocycles. The minimum atomic E-state index is -0.421. The van der Waals surface area contributed by atoms with Crippen molar-refractivity contribution in [3.8, 4) is 23.7 Å². The van der Waals surface area contributed by atoms with Gasteiger partial charge in [-0.1, -0.05) is 106 Å². The molecule has 0 aliphatic rings. The Labute approximate surface area is 210 Å². The number of fused-ring (bicyclic) bond motifs is 1. The van der Waals surface area contributed by atoms with E-state index in [0.717, 1.165) is 34.7 Å². The largest absolute Gasteiger partial charge is 0.630 e. The number of hydrogen-bond donors (Lipinski definition) is 1. The molecule has 3 heteroatoms. The lowest BCUT2D eigenvalue weighted by Gasteiger charge is -2.04. The van der Waals surface area contributed by atoms with Crippen molar-refractivity contribution in [1.29, 1.82) is 0 Å². The molecule has 0 saturated heterocycles. The third-order valence-corrected chi connectivity index (χ3v) is 5.94. The van der Waals surface area contributed by atoms with Crippen LogP contribution in [0.3, 0.4) is 0 Å². The monoisotopic (exact) mass is 465 g/mol. The minimum Gasteiger partial charge on any atom is -0.195 e. The molecule has 0 saturated carbocycles. The fourth-order valence-corrected chi connectivity index (χ4v) is 3.93. The lowest BCUT2D eigenvalue weighted by Crippen LogP contribution is -2.19. The summed E-state index contributed by atoms with van der Waals surface area (Å²) in [6.07, 6.45) is 11.4. The third kappa shape index (κ3) is 9.32. The molecule has 3 aromatic rings. The van der Waals surface area contributed by atoms with Gasteiger partial charge in [-0.25, -0.2) is 0 Å². The second kappa shape index (κ2) is 15.4. The zero-order valence-electron chi connectivity index (χ0n) is 20.7. The summed E-state index contributed by atoms with van der Waals surface area (Å²) in [5.41, 5.74) is 5.16. The maximum Gasteiger partial charge on any atom is 0.630 e. The van der Waals surface area contributed by atoms with Crippen molar-refractivity contribution in [3.05, 3.63) is 83.4 Å². The summed E-state index contributed by atoms with van der Waals surface area (Å²) in [5, 5.41) is 2.30. The van der Waals surface area contributed by atoms with E-state index >= 15 is 0 Å². The number of benzene rings is 3. The Morgan fingerprint density at radius 1 is 0.800 bits per heavy atom. The maximum absolute atomic E-state index is 12.3. The zero-order chi connectivity index (χ0) is 24.6. The van der Waals surface area contributed by atoms with Crippen LogP contribution < -0.4 is 5.48 Å². The first kappa shape index (κ1) is 26.1. The topological polar surface area (TPSA) is 41.2 Å². The molecule has 0 aliphatic carbocycles. The molecule has 0 unspecified atom stereocenters. The standard InChI is InChI=1S/C32H35NO2/c1-2-3-4-5-6-7-8-9-10-11-12-13-17-27-22-24-29(25-23-27)32(34)35-33-26-30-20-16-19-28-18-14-15-21-31(28)30/h14-16,18-25,33H,2-10,26H2,1H3/q+1. The predicted molar refractivity (Wildman–Crippen MR) is 145 cm³/mol. The van der Waals surface area contributed by atoms with Crippen molar-refractivity contribution in [1.82, 2.24) is 5.48 Å². The Balaban J connectivity index is 1.36. The van der Waals surface area contributed by atoms with Gasteiger partial charge >= 0.3 is 5.97 Å². The highest BCUT2D eigenvalue weighted by Crippen LogP contribution is 2.18. The summed E-state index contributed by atoms with van der Waals surface area (Å²) in [4.78, 5) is 17.6. The van der Waals surface area contributed by atoms with E-state index in [-0.39, 0.29) is 0 Å². The van der Waals surface area contributed by atoms with Gasteiger partial charge in [0, 0.05) is 12.0 Å². The van der Waals surface area contributed by atoms with Gasteiger partial charge in [0.05, 0.1) is 11.3 Å². The van der Waals surface area contributed by atoms with Gasteiger partial charge in [0.1, 0.15) is 5.56 Å². The van der Waals surface area contributed by atoms with Crippen LogP contribution in [0.1, 0.15) is 86.2 Å². The first-order valence-electron chi connectivity index (χ1n) is 12.8. The molecule has 0 amide bonds. The number of carbonyl (C=O) groups is 1. The smallest absolute Gasteiger partial charge is 0.195 e. The molecule has 1 N–H and O–H groups in total. The van der Waals surface area contributed by atoms with Crippen molar-refractivity contribution < 1.29 is 9.63 Å². The summed E-state index contributed by atoms with van der Waals surface area (Å²) in [7, 11) is 0. The van der Waals surface area contributed by atoms with E-state index in [4.69, 9.17) is 4.84 Å². The van der Waals surface area contributed by atoms with Gasteiger partial charge in [-0.2, -0.15) is 4.84 Å². The molecule has 3 rings (SSSR count). The van der Waals surface area contributed by atoms with Crippen molar-refractivity contribution >= 4 is 16.7 Å². The molecule has 0 aliphatic heterocycles. The van der Waals surface area contributed by atoms with E-state index in [1.165, 1.54) is 44.9 Å². The van der Waals surface area contributed by atoms with Crippen molar-refractivity contribution in [2.24, 2.45) is 0 Å². The van der Waals surface area contributed by atoms with Crippen molar-refractivity contribution in [2.45, 2.75) is 71.3 Å². The number of nitrogens with one attached hydrogen (secondary N) is 1. The van der Waals surface area contributed by atoms with E-state index in [2.05, 4.69) is 54.3 Å². The molecule has 0 fully saturated rings. The first-order chi connectivity index (χ1) is 17.3. The van der Waals surface area contributed by atoms with Gasteiger partial charge in [0.15, 0.2) is 0 Å². The summed E-state index contributed by atoms with van der Waals surface area (Å²) in [5.74, 6) is 11.6. The predicted octanol–water partition coefficient (Wildman–Crippen LogP) is 7.59. The molecule has 179 valence electrons.